The van der Waals surface area contributed by atoms with Crippen LogP contribution in [0, 0.1) is 5.92 Å². The predicted octanol–water partition coefficient (Wildman–Crippen LogP) is 1.28. The lowest BCUT2D eigenvalue weighted by Crippen LogP contribution is -2.13. The van der Waals surface area contributed by atoms with E-state index in [9.17, 15) is 0 Å². The number of thioether (sulfide) groups is 1. The van der Waals surface area contributed by atoms with E-state index >= 15 is 0 Å². The van der Waals surface area contributed by atoms with Crippen LogP contribution in [-0.4, -0.2) is 20.9 Å². The van der Waals surface area contributed by atoms with Gasteiger partial charge in [0.1, 0.15) is 0 Å². The van der Waals surface area contributed by atoms with Crippen molar-refractivity contribution in [1.82, 2.24) is 15.2 Å². The Kier molecular flexibility index (Phi) is 2.21. The van der Waals surface area contributed by atoms with Crippen LogP contribution in [0.15, 0.2) is 5.16 Å². The number of aromatic nitrogens is 3. The van der Waals surface area contributed by atoms with Gasteiger partial charge in [-0.2, -0.15) is 4.98 Å². The van der Waals surface area contributed by atoms with E-state index in [1.54, 1.807) is 11.8 Å². The second-order valence-electron chi connectivity index (χ2n) is 3.11. The van der Waals surface area contributed by atoms with Crippen LogP contribution in [0.2, 0.25) is 0 Å². The molecule has 0 unspecified atom stereocenters. The van der Waals surface area contributed by atoms with E-state index < -0.39 is 0 Å². The maximum atomic E-state index is 5.39. The number of aromatic amines is 1. The molecular formula is C7H12N4S. The van der Waals surface area contributed by atoms with Crippen molar-refractivity contribution in [3.63, 3.8) is 0 Å². The Hall–Kier alpha value is -0.710. The van der Waals surface area contributed by atoms with Crippen molar-refractivity contribution in [2.24, 2.45) is 5.92 Å². The summed E-state index contributed by atoms with van der Waals surface area (Å²) in [7, 11) is 0. The predicted molar refractivity (Wildman–Crippen MR) is 48.9 cm³/mol. The van der Waals surface area contributed by atoms with E-state index in [4.69, 9.17) is 5.73 Å². The summed E-state index contributed by atoms with van der Waals surface area (Å²) in [5.41, 5.74) is 5.39. The molecule has 1 saturated carbocycles. The summed E-state index contributed by atoms with van der Waals surface area (Å²) in [6, 6.07) is 0. The topological polar surface area (TPSA) is 67.6 Å². The van der Waals surface area contributed by atoms with Gasteiger partial charge in [-0.3, -0.25) is 0 Å². The van der Waals surface area contributed by atoms with Crippen LogP contribution in [0.5, 0.6) is 0 Å². The van der Waals surface area contributed by atoms with Gasteiger partial charge in [-0.15, -0.1) is 5.10 Å². The summed E-state index contributed by atoms with van der Waals surface area (Å²) < 4.78 is 0. The smallest absolute Gasteiger partial charge is 0.216 e. The van der Waals surface area contributed by atoms with Crippen molar-refractivity contribution in [3.8, 4) is 0 Å². The number of hydrogen-bond donors (Lipinski definition) is 2. The van der Waals surface area contributed by atoms with E-state index in [-0.39, 0.29) is 0 Å². The number of nitrogens with two attached hydrogens (primary N) is 1. The second kappa shape index (κ2) is 3.35. The average Bonchev–Trinajstić information content (AvgIpc) is 2.32. The second-order valence-corrected chi connectivity index (χ2v) is 4.10. The molecule has 4 nitrogen and oxygen atoms in total. The normalized spacial score (nSPS) is 17.7. The molecule has 1 aromatic rings. The third kappa shape index (κ3) is 1.72. The molecule has 1 fully saturated rings. The minimum atomic E-state index is 0.408. The minimum absolute atomic E-state index is 0.408. The lowest BCUT2D eigenvalue weighted by atomic mass is 9.87. The Balaban J connectivity index is 1.79. The quantitative estimate of drug-likeness (QED) is 0.694. The third-order valence-electron chi connectivity index (χ3n) is 2.16. The van der Waals surface area contributed by atoms with Crippen LogP contribution in [-0.2, 0) is 0 Å². The van der Waals surface area contributed by atoms with Crippen LogP contribution in [0.3, 0.4) is 0 Å². The van der Waals surface area contributed by atoms with Crippen molar-refractivity contribution in [2.45, 2.75) is 24.4 Å². The molecule has 0 bridgehead atoms. The first kappa shape index (κ1) is 7.91. The molecule has 1 heterocycles. The summed E-state index contributed by atoms with van der Waals surface area (Å²) in [6.45, 7) is 0. The molecule has 66 valence electrons. The minimum Gasteiger partial charge on any atom is -0.368 e. The van der Waals surface area contributed by atoms with Gasteiger partial charge in [0.25, 0.3) is 0 Å². The van der Waals surface area contributed by atoms with Gasteiger partial charge in [-0.25, -0.2) is 5.10 Å². The molecule has 5 heteroatoms. The molecule has 1 aliphatic carbocycles. The number of nitrogens with one attached hydrogen (secondary N) is 1. The number of nitrogen functional groups attached to an aromatic ring is 1. The van der Waals surface area contributed by atoms with Crippen LogP contribution >= 0.6 is 11.8 Å². The Bertz CT molecular complexity index is 256. The van der Waals surface area contributed by atoms with Gasteiger partial charge in [0.2, 0.25) is 11.1 Å². The van der Waals surface area contributed by atoms with Crippen molar-refractivity contribution < 1.29 is 0 Å². The summed E-state index contributed by atoms with van der Waals surface area (Å²) in [5, 5.41) is 7.35. The molecule has 0 atom stereocenters. The Labute approximate surface area is 75.3 Å². The monoisotopic (exact) mass is 184 g/mol. The summed E-state index contributed by atoms with van der Waals surface area (Å²) in [4.78, 5) is 4.02. The molecule has 0 aromatic carbocycles. The highest BCUT2D eigenvalue weighted by atomic mass is 32.2. The molecule has 0 spiro atoms. The molecule has 1 aromatic heterocycles. The van der Waals surface area contributed by atoms with Gasteiger partial charge in [-0.1, -0.05) is 18.2 Å². The average molecular weight is 184 g/mol. The molecule has 0 saturated heterocycles. The van der Waals surface area contributed by atoms with E-state index in [1.165, 1.54) is 19.3 Å². The SMILES string of the molecule is Nc1nc(SCC2CCC2)n[nH]1. The molecule has 2 rings (SSSR count). The lowest BCUT2D eigenvalue weighted by molar-refractivity contribution is 0.353. The van der Waals surface area contributed by atoms with E-state index in [0.717, 1.165) is 16.8 Å². The highest BCUT2D eigenvalue weighted by Gasteiger charge is 2.18. The van der Waals surface area contributed by atoms with Crippen molar-refractivity contribution in [1.29, 1.82) is 0 Å². The fourth-order valence-corrected chi connectivity index (χ4v) is 2.17. The molecule has 1 aliphatic rings. The fraction of sp³-hybridized carbons (Fsp3) is 0.714. The zero-order valence-corrected chi connectivity index (χ0v) is 7.60. The highest BCUT2D eigenvalue weighted by molar-refractivity contribution is 7.99. The number of anilines is 1. The number of nitrogens with zero attached hydrogens (tertiary/aromatic N) is 2. The fourth-order valence-electron chi connectivity index (χ4n) is 1.17. The van der Waals surface area contributed by atoms with E-state index in [2.05, 4.69) is 15.2 Å². The Morgan fingerprint density at radius 3 is 2.92 bits per heavy atom. The van der Waals surface area contributed by atoms with E-state index in [1.807, 2.05) is 0 Å². The largest absolute Gasteiger partial charge is 0.368 e. The van der Waals surface area contributed by atoms with Gasteiger partial charge in [0.05, 0.1) is 0 Å². The molecule has 3 N–H and O–H groups in total. The van der Waals surface area contributed by atoms with E-state index in [0.29, 0.717) is 5.95 Å². The molecular weight excluding hydrogens is 172 g/mol. The van der Waals surface area contributed by atoms with Gasteiger partial charge in [0, 0.05) is 5.75 Å². The van der Waals surface area contributed by atoms with Crippen molar-refractivity contribution in [2.75, 3.05) is 11.5 Å². The summed E-state index contributed by atoms with van der Waals surface area (Å²) >= 11 is 1.69. The van der Waals surface area contributed by atoms with Gasteiger partial charge < -0.3 is 5.73 Å². The summed E-state index contributed by atoms with van der Waals surface area (Å²) in [6.07, 6.45) is 4.13. The first-order valence-corrected chi connectivity index (χ1v) is 5.14. The number of hydrogen-bond acceptors (Lipinski definition) is 4. The van der Waals surface area contributed by atoms with Gasteiger partial charge >= 0.3 is 0 Å². The Morgan fingerprint density at radius 1 is 1.58 bits per heavy atom. The number of rotatable bonds is 3. The van der Waals surface area contributed by atoms with Gasteiger partial charge in [-0.05, 0) is 18.8 Å². The zero-order valence-electron chi connectivity index (χ0n) is 6.79. The molecule has 12 heavy (non-hydrogen) atoms. The van der Waals surface area contributed by atoms with Crippen LogP contribution < -0.4 is 5.73 Å². The standard InChI is InChI=1S/C7H12N4S/c8-6-9-7(11-10-6)12-4-5-2-1-3-5/h5H,1-4H2,(H3,8,9,10,11). The first-order chi connectivity index (χ1) is 5.84. The zero-order chi connectivity index (χ0) is 8.39. The summed E-state index contributed by atoms with van der Waals surface area (Å²) in [5.74, 6) is 2.43. The third-order valence-corrected chi connectivity index (χ3v) is 3.23. The maximum Gasteiger partial charge on any atom is 0.216 e. The maximum absolute atomic E-state index is 5.39. The van der Waals surface area contributed by atoms with Gasteiger partial charge in [0.15, 0.2) is 0 Å². The lowest BCUT2D eigenvalue weighted by Gasteiger charge is -2.23. The Morgan fingerprint density at radius 2 is 2.42 bits per heavy atom. The van der Waals surface area contributed by atoms with Crippen molar-refractivity contribution in [3.05, 3.63) is 0 Å². The van der Waals surface area contributed by atoms with Crippen LogP contribution in [0.25, 0.3) is 0 Å². The first-order valence-electron chi connectivity index (χ1n) is 4.15. The van der Waals surface area contributed by atoms with Crippen molar-refractivity contribution >= 4 is 17.7 Å². The highest BCUT2D eigenvalue weighted by Crippen LogP contribution is 2.31. The molecule has 0 radical (unpaired) electrons. The van der Waals surface area contributed by atoms with Crippen LogP contribution in [0.1, 0.15) is 19.3 Å². The number of H-pyrrole nitrogens is 1. The molecule has 0 amide bonds. The molecule has 0 aliphatic heterocycles. The van der Waals surface area contributed by atoms with Crippen LogP contribution in [0.4, 0.5) is 5.95 Å².